The molecule has 0 spiro atoms. The summed E-state index contributed by atoms with van der Waals surface area (Å²) in [6, 6.07) is 4.82. The molecule has 0 aromatic heterocycles. The number of hydrogen-bond donors (Lipinski definition) is 1. The first-order valence-corrected chi connectivity index (χ1v) is 5.38. The van der Waals surface area contributed by atoms with E-state index in [1.807, 2.05) is 0 Å². The van der Waals surface area contributed by atoms with E-state index in [-0.39, 0.29) is 12.1 Å². The summed E-state index contributed by atoms with van der Waals surface area (Å²) in [7, 11) is 0. The summed E-state index contributed by atoms with van der Waals surface area (Å²) in [6.45, 7) is 7.51. The first kappa shape index (κ1) is 13.1. The lowest BCUT2D eigenvalue weighted by atomic mass is 10.2. The normalized spacial score (nSPS) is 10.1. The van der Waals surface area contributed by atoms with E-state index >= 15 is 0 Å². The molecule has 0 amide bonds. The second-order valence-corrected chi connectivity index (χ2v) is 3.81. The molecule has 0 aliphatic rings. The largest absolute Gasteiger partial charge is 0.487 e. The highest BCUT2D eigenvalue weighted by Gasteiger charge is 2.11. The molecule has 0 aliphatic carbocycles. The SMILES string of the molecule is C=CCOc1ccc(C(=O)OC(C)C)cc1N. The van der Waals surface area contributed by atoms with Gasteiger partial charge in [-0.25, -0.2) is 4.79 Å². The highest BCUT2D eigenvalue weighted by molar-refractivity contribution is 5.91. The third kappa shape index (κ3) is 3.83. The summed E-state index contributed by atoms with van der Waals surface area (Å²) in [5.74, 6) is 0.146. The molecule has 0 saturated carbocycles. The molecule has 1 rings (SSSR count). The van der Waals surface area contributed by atoms with E-state index in [1.54, 1.807) is 38.1 Å². The first-order chi connectivity index (χ1) is 8.04. The Bertz CT molecular complexity index is 413. The van der Waals surface area contributed by atoms with Gasteiger partial charge in [-0.05, 0) is 32.0 Å². The summed E-state index contributed by atoms with van der Waals surface area (Å²) in [5.41, 5.74) is 6.59. The molecule has 0 bridgehead atoms. The predicted octanol–water partition coefficient (Wildman–Crippen LogP) is 2.40. The van der Waals surface area contributed by atoms with Gasteiger partial charge >= 0.3 is 5.97 Å². The summed E-state index contributed by atoms with van der Waals surface area (Å²) < 4.78 is 10.4. The van der Waals surface area contributed by atoms with Crippen LogP contribution in [-0.4, -0.2) is 18.7 Å². The van der Waals surface area contributed by atoms with Gasteiger partial charge in [-0.2, -0.15) is 0 Å². The maximum absolute atomic E-state index is 11.6. The average molecular weight is 235 g/mol. The van der Waals surface area contributed by atoms with Gasteiger partial charge in [0.25, 0.3) is 0 Å². The van der Waals surface area contributed by atoms with Crippen molar-refractivity contribution in [2.24, 2.45) is 0 Å². The molecule has 0 unspecified atom stereocenters. The van der Waals surface area contributed by atoms with Crippen molar-refractivity contribution in [3.63, 3.8) is 0 Å². The van der Waals surface area contributed by atoms with Crippen LogP contribution in [0.5, 0.6) is 5.75 Å². The molecular weight excluding hydrogens is 218 g/mol. The van der Waals surface area contributed by atoms with Crippen molar-refractivity contribution < 1.29 is 14.3 Å². The molecule has 0 aliphatic heterocycles. The quantitative estimate of drug-likeness (QED) is 0.483. The smallest absolute Gasteiger partial charge is 0.338 e. The van der Waals surface area contributed by atoms with Crippen LogP contribution in [0.2, 0.25) is 0 Å². The van der Waals surface area contributed by atoms with Crippen LogP contribution in [0.4, 0.5) is 5.69 Å². The van der Waals surface area contributed by atoms with Crippen LogP contribution in [-0.2, 0) is 4.74 Å². The van der Waals surface area contributed by atoms with E-state index in [1.165, 1.54) is 0 Å². The van der Waals surface area contributed by atoms with Gasteiger partial charge in [0.05, 0.1) is 17.4 Å². The lowest BCUT2D eigenvalue weighted by Gasteiger charge is -2.10. The molecule has 92 valence electrons. The zero-order valence-electron chi connectivity index (χ0n) is 10.1. The summed E-state index contributed by atoms with van der Waals surface area (Å²) in [4.78, 5) is 11.6. The Hall–Kier alpha value is -1.97. The van der Waals surface area contributed by atoms with Crippen LogP contribution in [0.25, 0.3) is 0 Å². The molecule has 0 heterocycles. The van der Waals surface area contributed by atoms with Gasteiger partial charge in [-0.1, -0.05) is 12.7 Å². The van der Waals surface area contributed by atoms with Gasteiger partial charge in [0, 0.05) is 0 Å². The minimum atomic E-state index is -0.387. The van der Waals surface area contributed by atoms with Crippen LogP contribution in [0.3, 0.4) is 0 Å². The zero-order chi connectivity index (χ0) is 12.8. The molecule has 0 fully saturated rings. The number of carbonyl (C=O) groups is 1. The average Bonchev–Trinajstić information content (AvgIpc) is 2.26. The van der Waals surface area contributed by atoms with Gasteiger partial charge in [0.1, 0.15) is 12.4 Å². The third-order valence-corrected chi connectivity index (χ3v) is 1.94. The van der Waals surface area contributed by atoms with Crippen LogP contribution in [0, 0.1) is 0 Å². The van der Waals surface area contributed by atoms with E-state index in [0.717, 1.165) is 0 Å². The van der Waals surface area contributed by atoms with E-state index in [0.29, 0.717) is 23.6 Å². The first-order valence-electron chi connectivity index (χ1n) is 5.38. The Labute approximate surface area is 101 Å². The van der Waals surface area contributed by atoms with Crippen molar-refractivity contribution in [3.8, 4) is 5.75 Å². The Balaban J connectivity index is 2.80. The Morgan fingerprint density at radius 2 is 2.24 bits per heavy atom. The van der Waals surface area contributed by atoms with Crippen molar-refractivity contribution >= 4 is 11.7 Å². The Morgan fingerprint density at radius 1 is 1.53 bits per heavy atom. The molecule has 2 N–H and O–H groups in total. The number of carbonyl (C=O) groups excluding carboxylic acids is 1. The molecule has 1 aromatic rings. The van der Waals surface area contributed by atoms with Crippen molar-refractivity contribution in [2.75, 3.05) is 12.3 Å². The number of esters is 1. The number of ether oxygens (including phenoxy) is 2. The summed E-state index contributed by atoms with van der Waals surface area (Å²) in [6.07, 6.45) is 1.47. The molecule has 1 aromatic carbocycles. The fraction of sp³-hybridized carbons (Fsp3) is 0.308. The number of nitrogen functional groups attached to an aromatic ring is 1. The van der Waals surface area contributed by atoms with Crippen LogP contribution < -0.4 is 10.5 Å². The number of rotatable bonds is 5. The number of nitrogens with two attached hydrogens (primary N) is 1. The minimum Gasteiger partial charge on any atom is -0.487 e. The third-order valence-electron chi connectivity index (χ3n) is 1.94. The summed E-state index contributed by atoms with van der Waals surface area (Å²) in [5, 5.41) is 0. The minimum absolute atomic E-state index is 0.152. The monoisotopic (exact) mass is 235 g/mol. The lowest BCUT2D eigenvalue weighted by molar-refractivity contribution is 0.0378. The van der Waals surface area contributed by atoms with Crippen molar-refractivity contribution in [3.05, 3.63) is 36.4 Å². The van der Waals surface area contributed by atoms with Gasteiger partial charge < -0.3 is 15.2 Å². The van der Waals surface area contributed by atoms with E-state index in [4.69, 9.17) is 15.2 Å². The van der Waals surface area contributed by atoms with E-state index < -0.39 is 0 Å². The fourth-order valence-corrected chi connectivity index (χ4v) is 1.24. The molecule has 4 heteroatoms. The maximum Gasteiger partial charge on any atom is 0.338 e. The lowest BCUT2D eigenvalue weighted by Crippen LogP contribution is -2.12. The zero-order valence-corrected chi connectivity index (χ0v) is 10.1. The van der Waals surface area contributed by atoms with Gasteiger partial charge in [0.2, 0.25) is 0 Å². The topological polar surface area (TPSA) is 61.5 Å². The van der Waals surface area contributed by atoms with Gasteiger partial charge in [-0.15, -0.1) is 0 Å². The van der Waals surface area contributed by atoms with Gasteiger partial charge in [-0.3, -0.25) is 0 Å². The maximum atomic E-state index is 11.6. The molecule has 17 heavy (non-hydrogen) atoms. The second-order valence-electron chi connectivity index (χ2n) is 3.81. The fourth-order valence-electron chi connectivity index (χ4n) is 1.24. The van der Waals surface area contributed by atoms with Crippen LogP contribution in [0.15, 0.2) is 30.9 Å². The predicted molar refractivity (Wildman–Crippen MR) is 67.1 cm³/mol. The number of hydrogen-bond acceptors (Lipinski definition) is 4. The Kier molecular flexibility index (Phi) is 4.57. The number of benzene rings is 1. The highest BCUT2D eigenvalue weighted by atomic mass is 16.5. The van der Waals surface area contributed by atoms with Crippen LogP contribution in [0.1, 0.15) is 24.2 Å². The van der Waals surface area contributed by atoms with E-state index in [9.17, 15) is 4.79 Å². The van der Waals surface area contributed by atoms with E-state index in [2.05, 4.69) is 6.58 Å². The van der Waals surface area contributed by atoms with Crippen molar-refractivity contribution in [1.82, 2.24) is 0 Å². The molecule has 0 atom stereocenters. The second kappa shape index (κ2) is 5.94. The molecule has 0 radical (unpaired) electrons. The molecule has 0 saturated heterocycles. The molecular formula is C13H17NO3. The van der Waals surface area contributed by atoms with Gasteiger partial charge in [0.15, 0.2) is 0 Å². The Morgan fingerprint density at radius 3 is 2.76 bits per heavy atom. The highest BCUT2D eigenvalue weighted by Crippen LogP contribution is 2.23. The van der Waals surface area contributed by atoms with Crippen molar-refractivity contribution in [1.29, 1.82) is 0 Å². The molecule has 4 nitrogen and oxygen atoms in total. The van der Waals surface area contributed by atoms with Crippen molar-refractivity contribution in [2.45, 2.75) is 20.0 Å². The summed E-state index contributed by atoms with van der Waals surface area (Å²) >= 11 is 0. The van der Waals surface area contributed by atoms with Crippen LogP contribution >= 0.6 is 0 Å². The number of anilines is 1. The standard InChI is InChI=1S/C13H17NO3/c1-4-7-16-12-6-5-10(8-11(12)14)13(15)17-9(2)3/h4-6,8-9H,1,7,14H2,2-3H3.